The van der Waals surface area contributed by atoms with Crippen LogP contribution in [0, 0.1) is 0 Å². The van der Waals surface area contributed by atoms with E-state index in [9.17, 15) is 13.6 Å². The molecule has 0 aliphatic heterocycles. The van der Waals surface area contributed by atoms with Crippen molar-refractivity contribution in [2.24, 2.45) is 0 Å². The van der Waals surface area contributed by atoms with Crippen LogP contribution in [0.5, 0.6) is 0 Å². The quantitative estimate of drug-likeness (QED) is 0.780. The summed E-state index contributed by atoms with van der Waals surface area (Å²) in [5.41, 5.74) is -1.38. The summed E-state index contributed by atoms with van der Waals surface area (Å²) in [6.45, 7) is 5.36. The molecule has 1 atom stereocenters. The summed E-state index contributed by atoms with van der Waals surface area (Å²) < 4.78 is 31.5. The average Bonchev–Trinajstić information content (AvgIpc) is 2.81. The Hall–Kier alpha value is -0.660. The van der Waals surface area contributed by atoms with E-state index in [0.717, 1.165) is 4.31 Å². The summed E-state index contributed by atoms with van der Waals surface area (Å²) in [4.78, 5) is 11.9. The van der Waals surface area contributed by atoms with Crippen LogP contribution in [0.15, 0.2) is 0 Å². The van der Waals surface area contributed by atoms with E-state index >= 15 is 0 Å². The first-order valence-electron chi connectivity index (χ1n) is 5.35. The van der Waals surface area contributed by atoms with Crippen molar-refractivity contribution in [1.82, 2.24) is 4.31 Å². The predicted octanol–water partition coefficient (Wildman–Crippen LogP) is 1.54. The van der Waals surface area contributed by atoms with Gasteiger partial charge in [-0.25, -0.2) is 9.00 Å². The van der Waals surface area contributed by atoms with Crippen LogP contribution >= 0.6 is 0 Å². The van der Waals surface area contributed by atoms with Crippen LogP contribution in [0.2, 0.25) is 0 Å². The molecule has 17 heavy (non-hydrogen) atoms. The molecule has 0 saturated heterocycles. The van der Waals surface area contributed by atoms with Gasteiger partial charge in [0.2, 0.25) is 0 Å². The molecular weight excluding hydrogens is 246 g/mol. The van der Waals surface area contributed by atoms with Crippen LogP contribution in [-0.2, 0) is 20.7 Å². The highest BCUT2D eigenvalue weighted by Crippen LogP contribution is 2.43. The van der Waals surface area contributed by atoms with Crippen molar-refractivity contribution in [3.05, 3.63) is 0 Å². The number of hydrogen-bond donors (Lipinski definition) is 1. The van der Waals surface area contributed by atoms with Gasteiger partial charge in [0.1, 0.15) is 5.60 Å². The van der Waals surface area contributed by atoms with Gasteiger partial charge < -0.3 is 9.47 Å². The lowest BCUT2D eigenvalue weighted by Gasteiger charge is -2.30. The molecule has 1 aliphatic rings. The first-order valence-corrected chi connectivity index (χ1v) is 6.41. The zero-order valence-electron chi connectivity index (χ0n) is 10.6. The fourth-order valence-electron chi connectivity index (χ4n) is 1.55. The molecule has 1 saturated carbocycles. The molecule has 0 aromatic carbocycles. The minimum atomic E-state index is -2.40. The first kappa shape index (κ1) is 14.4. The van der Waals surface area contributed by atoms with Gasteiger partial charge in [-0.3, -0.25) is 4.55 Å². The van der Waals surface area contributed by atoms with Gasteiger partial charge in [-0.2, -0.15) is 4.31 Å². The molecular formula is C10H19NO5S. The van der Waals surface area contributed by atoms with Gasteiger partial charge in [0.05, 0.1) is 12.1 Å². The Balaban J connectivity index is 2.80. The SMILES string of the molecule is COCC1(N(C(=O)OC(C)(C)C)S(=O)O)CC1. The van der Waals surface area contributed by atoms with Gasteiger partial charge in [-0.05, 0) is 33.6 Å². The third kappa shape index (κ3) is 3.65. The minimum absolute atomic E-state index is 0.235. The maximum atomic E-state index is 11.9. The number of nitrogens with zero attached hydrogens (tertiary/aromatic N) is 1. The fourth-order valence-corrected chi connectivity index (χ4v) is 2.28. The van der Waals surface area contributed by atoms with Crippen LogP contribution < -0.4 is 0 Å². The maximum Gasteiger partial charge on any atom is 0.424 e. The van der Waals surface area contributed by atoms with Crippen molar-refractivity contribution in [1.29, 1.82) is 0 Å². The minimum Gasteiger partial charge on any atom is -0.443 e. The lowest BCUT2D eigenvalue weighted by molar-refractivity contribution is 0.0233. The van der Waals surface area contributed by atoms with Gasteiger partial charge in [-0.1, -0.05) is 0 Å². The monoisotopic (exact) mass is 265 g/mol. The Bertz CT molecular complexity index is 321. The third-order valence-corrected chi connectivity index (χ3v) is 3.24. The van der Waals surface area contributed by atoms with E-state index in [2.05, 4.69) is 0 Å². The van der Waals surface area contributed by atoms with E-state index in [1.807, 2.05) is 0 Å². The number of ether oxygens (including phenoxy) is 2. The van der Waals surface area contributed by atoms with Crippen molar-refractivity contribution >= 4 is 17.4 Å². The first-order chi connectivity index (χ1) is 7.72. The average molecular weight is 265 g/mol. The highest BCUT2D eigenvalue weighted by molar-refractivity contribution is 7.77. The van der Waals surface area contributed by atoms with E-state index in [1.54, 1.807) is 20.8 Å². The van der Waals surface area contributed by atoms with Crippen molar-refractivity contribution in [2.75, 3.05) is 13.7 Å². The van der Waals surface area contributed by atoms with E-state index < -0.39 is 28.5 Å². The summed E-state index contributed by atoms with van der Waals surface area (Å²) in [5.74, 6) is 0. The normalized spacial score (nSPS) is 19.6. The Morgan fingerprint density at radius 3 is 2.29 bits per heavy atom. The Labute approximate surface area is 104 Å². The zero-order chi connectivity index (χ0) is 13.3. The molecule has 0 aromatic heterocycles. The van der Waals surface area contributed by atoms with Crippen LogP contribution in [-0.4, -0.2) is 44.0 Å². The highest BCUT2D eigenvalue weighted by atomic mass is 32.2. The molecule has 100 valence electrons. The molecule has 6 nitrogen and oxygen atoms in total. The molecule has 0 spiro atoms. The van der Waals surface area contributed by atoms with Gasteiger partial charge in [0, 0.05) is 7.11 Å². The van der Waals surface area contributed by atoms with Gasteiger partial charge in [0.15, 0.2) is 0 Å². The van der Waals surface area contributed by atoms with Crippen LogP contribution in [0.1, 0.15) is 33.6 Å². The second-order valence-electron chi connectivity index (χ2n) is 5.16. The van der Waals surface area contributed by atoms with Gasteiger partial charge >= 0.3 is 6.09 Å². The molecule has 1 fully saturated rings. The standard InChI is InChI=1S/C10H19NO5S/c1-9(2,3)16-8(12)11(17(13)14)10(5-6-10)7-15-4/h5-7H2,1-4H3,(H,13,14). The number of amides is 1. The summed E-state index contributed by atoms with van der Waals surface area (Å²) in [7, 11) is 1.49. The highest BCUT2D eigenvalue weighted by Gasteiger charge is 2.54. The van der Waals surface area contributed by atoms with Crippen molar-refractivity contribution in [2.45, 2.75) is 44.8 Å². The molecule has 1 unspecified atom stereocenters. The van der Waals surface area contributed by atoms with Crippen LogP contribution in [0.3, 0.4) is 0 Å². The van der Waals surface area contributed by atoms with Crippen LogP contribution in [0.25, 0.3) is 0 Å². The molecule has 7 heteroatoms. The molecule has 0 heterocycles. The molecule has 0 radical (unpaired) electrons. The van der Waals surface area contributed by atoms with Gasteiger partial charge in [-0.15, -0.1) is 0 Å². The van der Waals surface area contributed by atoms with E-state index in [4.69, 9.17) is 9.47 Å². The van der Waals surface area contributed by atoms with Crippen molar-refractivity contribution in [3.8, 4) is 0 Å². The molecule has 0 aromatic rings. The largest absolute Gasteiger partial charge is 0.443 e. The number of hydrogen-bond acceptors (Lipinski definition) is 4. The number of methoxy groups -OCH3 is 1. The molecule has 1 N–H and O–H groups in total. The third-order valence-electron chi connectivity index (χ3n) is 2.39. The summed E-state index contributed by atoms with van der Waals surface area (Å²) in [6.07, 6.45) is 0.506. The summed E-state index contributed by atoms with van der Waals surface area (Å²) >= 11 is -2.40. The van der Waals surface area contributed by atoms with E-state index in [0.29, 0.717) is 12.8 Å². The second kappa shape index (κ2) is 4.91. The number of carbonyl (C=O) groups excluding carboxylic acids is 1. The van der Waals surface area contributed by atoms with Gasteiger partial charge in [0.25, 0.3) is 11.3 Å². The Morgan fingerprint density at radius 2 is 2.00 bits per heavy atom. The lowest BCUT2D eigenvalue weighted by atomic mass is 10.2. The molecule has 1 amide bonds. The zero-order valence-corrected chi connectivity index (χ0v) is 11.4. The summed E-state index contributed by atoms with van der Waals surface area (Å²) in [6, 6.07) is 0. The number of rotatable bonds is 4. The maximum absolute atomic E-state index is 11.9. The molecule has 0 bridgehead atoms. The molecule has 1 aliphatic carbocycles. The van der Waals surface area contributed by atoms with E-state index in [1.165, 1.54) is 7.11 Å². The Kier molecular flexibility index (Phi) is 4.16. The van der Waals surface area contributed by atoms with Crippen molar-refractivity contribution in [3.63, 3.8) is 0 Å². The predicted molar refractivity (Wildman–Crippen MR) is 62.7 cm³/mol. The fraction of sp³-hybridized carbons (Fsp3) is 0.900. The van der Waals surface area contributed by atoms with E-state index in [-0.39, 0.29) is 6.61 Å². The topological polar surface area (TPSA) is 76.1 Å². The smallest absolute Gasteiger partial charge is 0.424 e. The Morgan fingerprint density at radius 1 is 1.47 bits per heavy atom. The summed E-state index contributed by atoms with van der Waals surface area (Å²) in [5, 5.41) is 0. The molecule has 1 rings (SSSR count). The second-order valence-corrected chi connectivity index (χ2v) is 5.99. The van der Waals surface area contributed by atoms with Crippen molar-refractivity contribution < 1.29 is 23.0 Å². The number of carbonyl (C=O) groups is 1. The van der Waals surface area contributed by atoms with Crippen LogP contribution in [0.4, 0.5) is 4.79 Å². The lowest BCUT2D eigenvalue weighted by Crippen LogP contribution is -2.47.